The quantitative estimate of drug-likeness (QED) is 0.899. The van der Waals surface area contributed by atoms with Crippen LogP contribution in [0.1, 0.15) is 29.3 Å². The van der Waals surface area contributed by atoms with Crippen LogP contribution in [0.25, 0.3) is 0 Å². The van der Waals surface area contributed by atoms with Gasteiger partial charge in [-0.1, -0.05) is 19.1 Å². The number of aliphatic hydroxyl groups excluding tert-OH is 1. The average Bonchev–Trinajstić information content (AvgIpc) is 2.80. The molecule has 1 saturated heterocycles. The molecular formula is C15H21NO3. The molecule has 0 aromatic heterocycles. The van der Waals surface area contributed by atoms with Crippen molar-refractivity contribution in [2.24, 2.45) is 5.92 Å². The van der Waals surface area contributed by atoms with Gasteiger partial charge in [-0.3, -0.25) is 4.79 Å². The van der Waals surface area contributed by atoms with Crippen molar-refractivity contribution < 1.29 is 14.6 Å². The predicted molar refractivity (Wildman–Crippen MR) is 72.8 cm³/mol. The third-order valence-electron chi connectivity index (χ3n) is 3.84. The highest BCUT2D eigenvalue weighted by Crippen LogP contribution is 2.25. The molecule has 0 saturated carbocycles. The van der Waals surface area contributed by atoms with Gasteiger partial charge in [-0.2, -0.15) is 0 Å². The molecule has 4 nitrogen and oxygen atoms in total. The topological polar surface area (TPSA) is 49.8 Å². The van der Waals surface area contributed by atoms with Crippen LogP contribution in [0.3, 0.4) is 0 Å². The molecule has 1 amide bonds. The molecule has 104 valence electrons. The molecule has 1 N–H and O–H groups in total. The Bertz CT molecular complexity index is 430. The number of carbonyl (C=O) groups excluding carboxylic acids is 1. The van der Waals surface area contributed by atoms with Crippen LogP contribution in [-0.2, 0) is 11.3 Å². The van der Waals surface area contributed by atoms with Crippen molar-refractivity contribution in [2.45, 2.75) is 26.0 Å². The molecule has 0 bridgehead atoms. The van der Waals surface area contributed by atoms with Gasteiger partial charge in [0.25, 0.3) is 5.91 Å². The van der Waals surface area contributed by atoms with Crippen LogP contribution in [0.4, 0.5) is 0 Å². The van der Waals surface area contributed by atoms with Crippen LogP contribution in [-0.4, -0.2) is 42.2 Å². The maximum absolute atomic E-state index is 12.4. The second kappa shape index (κ2) is 6.17. The van der Waals surface area contributed by atoms with Crippen LogP contribution < -0.4 is 0 Å². The summed E-state index contributed by atoms with van der Waals surface area (Å²) in [6, 6.07) is 7.42. The second-order valence-electron chi connectivity index (χ2n) is 5.14. The lowest BCUT2D eigenvalue weighted by Crippen LogP contribution is -2.39. The number of hydrogen-bond donors (Lipinski definition) is 1. The Morgan fingerprint density at radius 1 is 1.42 bits per heavy atom. The molecule has 1 aliphatic heterocycles. The fourth-order valence-corrected chi connectivity index (χ4v) is 2.61. The van der Waals surface area contributed by atoms with E-state index in [1.54, 1.807) is 12.0 Å². The highest BCUT2D eigenvalue weighted by Gasteiger charge is 2.34. The third-order valence-corrected chi connectivity index (χ3v) is 3.84. The lowest BCUT2D eigenvalue weighted by Gasteiger charge is -2.25. The number of carbonyl (C=O) groups is 1. The summed E-state index contributed by atoms with van der Waals surface area (Å²) < 4.78 is 5.05. The van der Waals surface area contributed by atoms with Gasteiger partial charge >= 0.3 is 0 Å². The van der Waals surface area contributed by atoms with E-state index in [0.29, 0.717) is 18.1 Å². The van der Waals surface area contributed by atoms with Gasteiger partial charge in [-0.15, -0.1) is 0 Å². The lowest BCUT2D eigenvalue weighted by atomic mass is 10.0. The predicted octanol–water partition coefficient (Wildman–Crippen LogP) is 1.68. The molecular weight excluding hydrogens is 242 g/mol. The SMILES string of the molecule is COCc1ccc(C(=O)N2CCC(C)C2CO)cc1. The summed E-state index contributed by atoms with van der Waals surface area (Å²) in [4.78, 5) is 14.2. The van der Waals surface area contributed by atoms with Crippen LogP contribution >= 0.6 is 0 Å². The Balaban J connectivity index is 2.11. The van der Waals surface area contributed by atoms with E-state index in [-0.39, 0.29) is 18.6 Å². The minimum absolute atomic E-state index is 0.00682. The minimum Gasteiger partial charge on any atom is -0.394 e. The van der Waals surface area contributed by atoms with E-state index in [9.17, 15) is 9.90 Å². The van der Waals surface area contributed by atoms with Crippen molar-refractivity contribution in [1.82, 2.24) is 4.90 Å². The maximum Gasteiger partial charge on any atom is 0.254 e. The van der Waals surface area contributed by atoms with Gasteiger partial charge in [0, 0.05) is 19.2 Å². The van der Waals surface area contributed by atoms with Crippen LogP contribution in [0.5, 0.6) is 0 Å². The monoisotopic (exact) mass is 263 g/mol. The molecule has 1 heterocycles. The van der Waals surface area contributed by atoms with Crippen molar-refractivity contribution in [2.75, 3.05) is 20.3 Å². The van der Waals surface area contributed by atoms with Gasteiger partial charge < -0.3 is 14.7 Å². The molecule has 19 heavy (non-hydrogen) atoms. The Morgan fingerprint density at radius 2 is 2.11 bits per heavy atom. The molecule has 2 atom stereocenters. The van der Waals surface area contributed by atoms with Crippen molar-refractivity contribution in [1.29, 1.82) is 0 Å². The van der Waals surface area contributed by atoms with Crippen molar-refractivity contribution in [3.63, 3.8) is 0 Å². The number of hydrogen-bond acceptors (Lipinski definition) is 3. The van der Waals surface area contributed by atoms with Crippen LogP contribution in [0.2, 0.25) is 0 Å². The van der Waals surface area contributed by atoms with E-state index in [1.165, 1.54) is 0 Å². The van der Waals surface area contributed by atoms with Gasteiger partial charge in [0.2, 0.25) is 0 Å². The maximum atomic E-state index is 12.4. The molecule has 1 aromatic rings. The molecule has 0 radical (unpaired) electrons. The number of nitrogens with zero attached hydrogens (tertiary/aromatic N) is 1. The fraction of sp³-hybridized carbons (Fsp3) is 0.533. The molecule has 2 rings (SSSR count). The first kappa shape index (κ1) is 14.0. The summed E-state index contributed by atoms with van der Waals surface area (Å²) >= 11 is 0. The fourth-order valence-electron chi connectivity index (χ4n) is 2.61. The zero-order valence-electron chi connectivity index (χ0n) is 11.5. The second-order valence-corrected chi connectivity index (χ2v) is 5.14. The van der Waals surface area contributed by atoms with Gasteiger partial charge in [-0.25, -0.2) is 0 Å². The number of benzene rings is 1. The highest BCUT2D eigenvalue weighted by molar-refractivity contribution is 5.94. The minimum atomic E-state index is -0.0499. The number of rotatable bonds is 4. The molecule has 1 fully saturated rings. The molecule has 0 spiro atoms. The van der Waals surface area contributed by atoms with E-state index in [0.717, 1.165) is 18.5 Å². The summed E-state index contributed by atoms with van der Waals surface area (Å²) in [5.74, 6) is 0.370. The number of likely N-dealkylation sites (tertiary alicyclic amines) is 1. The molecule has 4 heteroatoms. The first-order valence-corrected chi connectivity index (χ1v) is 6.67. The molecule has 2 unspecified atom stereocenters. The van der Waals surface area contributed by atoms with Gasteiger partial charge in [0.05, 0.1) is 19.3 Å². The largest absolute Gasteiger partial charge is 0.394 e. The normalized spacial score (nSPS) is 22.8. The van der Waals surface area contributed by atoms with Crippen molar-refractivity contribution in [3.8, 4) is 0 Å². The molecule has 0 aliphatic carbocycles. The Kier molecular flexibility index (Phi) is 4.56. The number of ether oxygens (including phenoxy) is 1. The van der Waals surface area contributed by atoms with Gasteiger partial charge in [0.1, 0.15) is 0 Å². The third kappa shape index (κ3) is 2.96. The summed E-state index contributed by atoms with van der Waals surface area (Å²) in [6.45, 7) is 3.39. The number of methoxy groups -OCH3 is 1. The highest BCUT2D eigenvalue weighted by atomic mass is 16.5. The lowest BCUT2D eigenvalue weighted by molar-refractivity contribution is 0.0648. The number of aliphatic hydroxyl groups is 1. The number of amides is 1. The zero-order valence-corrected chi connectivity index (χ0v) is 11.5. The van der Waals surface area contributed by atoms with Crippen molar-refractivity contribution in [3.05, 3.63) is 35.4 Å². The van der Waals surface area contributed by atoms with Gasteiger partial charge in [0.15, 0.2) is 0 Å². The molecule has 1 aliphatic rings. The van der Waals surface area contributed by atoms with E-state index in [4.69, 9.17) is 4.74 Å². The van der Waals surface area contributed by atoms with E-state index in [1.807, 2.05) is 24.3 Å². The van der Waals surface area contributed by atoms with Crippen LogP contribution in [0.15, 0.2) is 24.3 Å². The van der Waals surface area contributed by atoms with E-state index < -0.39 is 0 Å². The summed E-state index contributed by atoms with van der Waals surface area (Å²) in [6.07, 6.45) is 0.957. The smallest absolute Gasteiger partial charge is 0.254 e. The van der Waals surface area contributed by atoms with Crippen molar-refractivity contribution >= 4 is 5.91 Å². The summed E-state index contributed by atoms with van der Waals surface area (Å²) in [5.41, 5.74) is 1.72. The van der Waals surface area contributed by atoms with E-state index >= 15 is 0 Å². The zero-order chi connectivity index (χ0) is 13.8. The Labute approximate surface area is 114 Å². The summed E-state index contributed by atoms with van der Waals surface area (Å²) in [7, 11) is 1.65. The first-order valence-electron chi connectivity index (χ1n) is 6.67. The van der Waals surface area contributed by atoms with Gasteiger partial charge in [-0.05, 0) is 30.0 Å². The van der Waals surface area contributed by atoms with Crippen LogP contribution in [0, 0.1) is 5.92 Å². The first-order chi connectivity index (χ1) is 9.17. The standard InChI is InChI=1S/C15H21NO3/c1-11-7-8-16(14(11)9-17)15(18)13-5-3-12(4-6-13)10-19-2/h3-6,11,14,17H,7-10H2,1-2H3. The summed E-state index contributed by atoms with van der Waals surface area (Å²) in [5, 5.41) is 9.41. The Morgan fingerprint density at radius 3 is 2.68 bits per heavy atom. The average molecular weight is 263 g/mol. The molecule has 1 aromatic carbocycles. The van der Waals surface area contributed by atoms with E-state index in [2.05, 4.69) is 6.92 Å². The Hall–Kier alpha value is -1.39.